The number of fused-ring (bicyclic) bond motifs is 2. The molecule has 2 saturated carbocycles. The van der Waals surface area contributed by atoms with Crippen LogP contribution in [0.1, 0.15) is 45.6 Å². The quantitative estimate of drug-likeness (QED) is 0.681. The maximum Gasteiger partial charge on any atom is 0.359 e. The number of benzene rings is 1. The highest BCUT2D eigenvalue weighted by atomic mass is 19.1. The molecule has 2 aliphatic carbocycles. The van der Waals surface area contributed by atoms with Crippen LogP contribution in [0, 0.1) is 16.7 Å². The summed E-state index contributed by atoms with van der Waals surface area (Å²) in [5, 5.41) is 0. The standard InChI is InChI=1S/C19H26FNO2/c1-17(2)14-9-10-18(17,3)15(11-14)23-16(22)19(20,21)12-13-7-5-4-6-8-13/h4-8,14-15H,9-12,21H2,1-3H3/t14?,15?,18?,19-/m0/s1. The minimum atomic E-state index is -2.48. The van der Waals surface area contributed by atoms with E-state index in [9.17, 15) is 9.18 Å². The minimum Gasteiger partial charge on any atom is -0.458 e. The summed E-state index contributed by atoms with van der Waals surface area (Å²) < 4.78 is 20.3. The van der Waals surface area contributed by atoms with Crippen molar-refractivity contribution >= 4 is 5.97 Å². The van der Waals surface area contributed by atoms with Gasteiger partial charge in [0.25, 0.3) is 5.79 Å². The van der Waals surface area contributed by atoms with Gasteiger partial charge in [-0.1, -0.05) is 51.1 Å². The third kappa shape index (κ3) is 2.57. The zero-order valence-corrected chi connectivity index (χ0v) is 14.1. The fourth-order valence-corrected chi connectivity index (χ4v) is 4.50. The Bertz CT molecular complexity index is 599. The second kappa shape index (κ2) is 5.30. The Kier molecular flexibility index (Phi) is 3.79. The highest BCUT2D eigenvalue weighted by molar-refractivity contribution is 5.79. The van der Waals surface area contributed by atoms with Gasteiger partial charge in [-0.2, -0.15) is 0 Å². The lowest BCUT2D eigenvalue weighted by Gasteiger charge is -2.39. The van der Waals surface area contributed by atoms with Crippen LogP contribution in [0.25, 0.3) is 0 Å². The molecule has 2 aliphatic rings. The third-order valence-corrected chi connectivity index (χ3v) is 6.61. The second-order valence-electron chi connectivity index (χ2n) is 8.03. The molecule has 3 nitrogen and oxygen atoms in total. The Balaban J connectivity index is 1.70. The first-order chi connectivity index (χ1) is 10.7. The topological polar surface area (TPSA) is 52.3 Å². The van der Waals surface area contributed by atoms with Gasteiger partial charge in [-0.05, 0) is 36.2 Å². The van der Waals surface area contributed by atoms with E-state index in [4.69, 9.17) is 10.5 Å². The molecule has 0 spiro atoms. The fraction of sp³-hybridized carbons (Fsp3) is 0.632. The van der Waals surface area contributed by atoms with Crippen molar-refractivity contribution in [2.45, 2.75) is 58.4 Å². The van der Waals surface area contributed by atoms with E-state index >= 15 is 0 Å². The van der Waals surface area contributed by atoms with Crippen molar-refractivity contribution in [3.8, 4) is 0 Å². The highest BCUT2D eigenvalue weighted by Gasteiger charge is 2.63. The first kappa shape index (κ1) is 16.4. The number of esters is 1. The van der Waals surface area contributed by atoms with Crippen molar-refractivity contribution < 1.29 is 13.9 Å². The molecule has 0 amide bonds. The first-order valence-electron chi connectivity index (χ1n) is 8.40. The fourth-order valence-electron chi connectivity index (χ4n) is 4.50. The van der Waals surface area contributed by atoms with Crippen LogP contribution in [0.15, 0.2) is 30.3 Å². The predicted octanol–water partition coefficient (Wildman–Crippen LogP) is 3.61. The van der Waals surface area contributed by atoms with Crippen molar-refractivity contribution in [1.82, 2.24) is 0 Å². The van der Waals surface area contributed by atoms with E-state index in [0.29, 0.717) is 11.5 Å². The number of rotatable bonds is 4. The van der Waals surface area contributed by atoms with Gasteiger partial charge in [0.1, 0.15) is 6.10 Å². The summed E-state index contributed by atoms with van der Waals surface area (Å²) in [6, 6.07) is 8.97. The van der Waals surface area contributed by atoms with Gasteiger partial charge in [0.2, 0.25) is 0 Å². The molecule has 0 heterocycles. The van der Waals surface area contributed by atoms with Crippen LogP contribution in [0.5, 0.6) is 0 Å². The number of ether oxygens (including phenoxy) is 1. The van der Waals surface area contributed by atoms with E-state index in [0.717, 1.165) is 19.3 Å². The summed E-state index contributed by atoms with van der Waals surface area (Å²) in [6.07, 6.45) is 2.59. The maximum absolute atomic E-state index is 14.7. The zero-order chi connectivity index (χ0) is 16.9. The summed E-state index contributed by atoms with van der Waals surface area (Å²) in [5.41, 5.74) is 6.36. The summed E-state index contributed by atoms with van der Waals surface area (Å²) in [4.78, 5) is 12.3. The third-order valence-electron chi connectivity index (χ3n) is 6.61. The normalized spacial score (nSPS) is 34.1. The number of halogens is 1. The van der Waals surface area contributed by atoms with E-state index in [1.165, 1.54) is 0 Å². The molecule has 1 aromatic carbocycles. The number of nitrogens with two attached hydrogens (primary N) is 1. The Morgan fingerprint density at radius 3 is 2.52 bits per heavy atom. The molecule has 4 heteroatoms. The van der Waals surface area contributed by atoms with E-state index in [-0.39, 0.29) is 23.4 Å². The largest absolute Gasteiger partial charge is 0.458 e. The van der Waals surface area contributed by atoms with Gasteiger partial charge in [0.05, 0.1) is 0 Å². The number of carbonyl (C=O) groups excluding carboxylic acids is 1. The van der Waals surface area contributed by atoms with Crippen molar-refractivity contribution in [3.63, 3.8) is 0 Å². The Morgan fingerprint density at radius 2 is 2.00 bits per heavy atom. The molecule has 0 aliphatic heterocycles. The molecule has 23 heavy (non-hydrogen) atoms. The number of hydrogen-bond donors (Lipinski definition) is 1. The maximum atomic E-state index is 14.7. The molecule has 1 aromatic rings. The molecule has 3 unspecified atom stereocenters. The lowest BCUT2D eigenvalue weighted by Crippen LogP contribution is -2.50. The van der Waals surface area contributed by atoms with Crippen LogP contribution in [0.3, 0.4) is 0 Å². The van der Waals surface area contributed by atoms with Crippen LogP contribution in [0.2, 0.25) is 0 Å². The van der Waals surface area contributed by atoms with E-state index in [1.54, 1.807) is 24.3 Å². The van der Waals surface area contributed by atoms with E-state index < -0.39 is 11.8 Å². The number of hydrogen-bond acceptors (Lipinski definition) is 3. The monoisotopic (exact) mass is 319 g/mol. The van der Waals surface area contributed by atoms with Gasteiger partial charge >= 0.3 is 5.97 Å². The van der Waals surface area contributed by atoms with Gasteiger partial charge in [-0.3, -0.25) is 5.73 Å². The number of alkyl halides is 1. The summed E-state index contributed by atoms with van der Waals surface area (Å²) >= 11 is 0. The summed E-state index contributed by atoms with van der Waals surface area (Å²) in [5.74, 6) is -2.88. The van der Waals surface area contributed by atoms with E-state index in [1.807, 2.05) is 6.07 Å². The van der Waals surface area contributed by atoms with Crippen LogP contribution < -0.4 is 5.73 Å². The van der Waals surface area contributed by atoms with Crippen molar-refractivity contribution in [1.29, 1.82) is 0 Å². The van der Waals surface area contributed by atoms with Crippen molar-refractivity contribution in [2.75, 3.05) is 0 Å². The highest BCUT2D eigenvalue weighted by Crippen LogP contribution is 2.66. The Hall–Kier alpha value is -1.42. The van der Waals surface area contributed by atoms with Crippen LogP contribution >= 0.6 is 0 Å². The molecular formula is C19H26FNO2. The average Bonchev–Trinajstić information content (AvgIpc) is 2.81. The smallest absolute Gasteiger partial charge is 0.359 e. The molecule has 2 bridgehead atoms. The van der Waals surface area contributed by atoms with Crippen molar-refractivity contribution in [2.24, 2.45) is 22.5 Å². The first-order valence-corrected chi connectivity index (χ1v) is 8.40. The average molecular weight is 319 g/mol. The SMILES string of the molecule is CC1(C)C2CCC1(C)C(OC(=O)[C@](N)(F)Cc1ccccc1)C2. The van der Waals surface area contributed by atoms with Gasteiger partial charge in [-0.25, -0.2) is 9.18 Å². The minimum absolute atomic E-state index is 0.0871. The van der Waals surface area contributed by atoms with Crippen molar-refractivity contribution in [3.05, 3.63) is 35.9 Å². The predicted molar refractivity (Wildman–Crippen MR) is 87.3 cm³/mol. The Labute approximate surface area is 137 Å². The molecule has 0 saturated heterocycles. The number of carbonyl (C=O) groups is 1. The molecule has 4 atom stereocenters. The molecular weight excluding hydrogens is 293 g/mol. The van der Waals surface area contributed by atoms with Gasteiger partial charge in [0.15, 0.2) is 0 Å². The molecule has 2 fully saturated rings. The Morgan fingerprint density at radius 1 is 1.35 bits per heavy atom. The lowest BCUT2D eigenvalue weighted by molar-refractivity contribution is -0.171. The lowest BCUT2D eigenvalue weighted by atomic mass is 9.70. The molecule has 0 aromatic heterocycles. The van der Waals surface area contributed by atoms with E-state index in [2.05, 4.69) is 20.8 Å². The molecule has 126 valence electrons. The van der Waals surface area contributed by atoms with Crippen LogP contribution in [-0.4, -0.2) is 17.9 Å². The molecule has 3 rings (SSSR count). The van der Waals surface area contributed by atoms with Crippen LogP contribution in [0.4, 0.5) is 4.39 Å². The molecule has 2 N–H and O–H groups in total. The second-order valence-corrected chi connectivity index (χ2v) is 8.03. The summed E-state index contributed by atoms with van der Waals surface area (Å²) in [6.45, 7) is 6.62. The van der Waals surface area contributed by atoms with Gasteiger partial charge in [0, 0.05) is 11.8 Å². The van der Waals surface area contributed by atoms with Crippen LogP contribution in [-0.2, 0) is 16.0 Å². The van der Waals surface area contributed by atoms with Gasteiger partial charge < -0.3 is 4.74 Å². The zero-order valence-electron chi connectivity index (χ0n) is 14.1. The van der Waals surface area contributed by atoms with Gasteiger partial charge in [-0.15, -0.1) is 0 Å². The summed E-state index contributed by atoms with van der Waals surface area (Å²) in [7, 11) is 0. The molecule has 0 radical (unpaired) electrons.